The maximum absolute atomic E-state index is 11.9. The number of aromatic nitrogens is 2. The van der Waals surface area contributed by atoms with Crippen molar-refractivity contribution in [3.63, 3.8) is 0 Å². The number of aryl methyl sites for hydroxylation is 2. The van der Waals surface area contributed by atoms with Gasteiger partial charge >= 0.3 is 0 Å². The predicted molar refractivity (Wildman–Crippen MR) is 60.2 cm³/mol. The fourth-order valence-electron chi connectivity index (χ4n) is 1.91. The number of hydrogen-bond donors (Lipinski definition) is 2. The molecule has 1 aromatic heterocycles. The molecule has 0 aromatic carbocycles. The zero-order valence-electron chi connectivity index (χ0n) is 9.67. The van der Waals surface area contributed by atoms with E-state index in [9.17, 15) is 4.79 Å². The number of amides is 1. The SMILES string of the molecule is Cc1n[nH]c(C)c1NC(=O)C1CCCOC1. The zero-order valence-corrected chi connectivity index (χ0v) is 9.67. The fourth-order valence-corrected chi connectivity index (χ4v) is 1.91. The first kappa shape index (κ1) is 11.1. The van der Waals surface area contributed by atoms with E-state index in [-0.39, 0.29) is 11.8 Å². The monoisotopic (exact) mass is 223 g/mol. The molecule has 1 atom stereocenters. The summed E-state index contributed by atoms with van der Waals surface area (Å²) in [5.41, 5.74) is 2.51. The fraction of sp³-hybridized carbons (Fsp3) is 0.636. The van der Waals surface area contributed by atoms with E-state index in [1.807, 2.05) is 13.8 Å². The van der Waals surface area contributed by atoms with E-state index in [1.165, 1.54) is 0 Å². The maximum Gasteiger partial charge on any atom is 0.229 e. The molecule has 2 heterocycles. The van der Waals surface area contributed by atoms with Crippen LogP contribution in [0.5, 0.6) is 0 Å². The first-order chi connectivity index (χ1) is 7.68. The Balaban J connectivity index is 2.01. The van der Waals surface area contributed by atoms with E-state index in [1.54, 1.807) is 0 Å². The molecule has 0 bridgehead atoms. The second-order valence-electron chi connectivity index (χ2n) is 4.21. The largest absolute Gasteiger partial charge is 0.381 e. The van der Waals surface area contributed by atoms with Crippen LogP contribution in [0.1, 0.15) is 24.2 Å². The number of nitrogens with one attached hydrogen (secondary N) is 2. The summed E-state index contributed by atoms with van der Waals surface area (Å²) >= 11 is 0. The van der Waals surface area contributed by atoms with E-state index in [4.69, 9.17) is 4.74 Å². The number of rotatable bonds is 2. The Kier molecular flexibility index (Phi) is 3.24. The predicted octanol–water partition coefficient (Wildman–Crippen LogP) is 1.39. The molecule has 16 heavy (non-hydrogen) atoms. The molecule has 1 unspecified atom stereocenters. The van der Waals surface area contributed by atoms with Gasteiger partial charge in [-0.15, -0.1) is 0 Å². The lowest BCUT2D eigenvalue weighted by Crippen LogP contribution is -2.30. The summed E-state index contributed by atoms with van der Waals surface area (Å²) in [6.45, 7) is 5.07. The molecule has 1 amide bonds. The van der Waals surface area contributed by atoms with Crippen molar-refractivity contribution < 1.29 is 9.53 Å². The van der Waals surface area contributed by atoms with Crippen LogP contribution in [0.3, 0.4) is 0 Å². The van der Waals surface area contributed by atoms with Crippen molar-refractivity contribution in [3.05, 3.63) is 11.4 Å². The molecule has 1 fully saturated rings. The molecule has 0 radical (unpaired) electrons. The van der Waals surface area contributed by atoms with Crippen LogP contribution in [0.15, 0.2) is 0 Å². The van der Waals surface area contributed by atoms with Crippen LogP contribution in [0.25, 0.3) is 0 Å². The van der Waals surface area contributed by atoms with Crippen LogP contribution < -0.4 is 5.32 Å². The first-order valence-electron chi connectivity index (χ1n) is 5.58. The van der Waals surface area contributed by atoms with Gasteiger partial charge in [-0.2, -0.15) is 5.10 Å². The van der Waals surface area contributed by atoms with Crippen molar-refractivity contribution in [2.45, 2.75) is 26.7 Å². The van der Waals surface area contributed by atoms with Crippen LogP contribution in [-0.2, 0) is 9.53 Å². The lowest BCUT2D eigenvalue weighted by atomic mass is 10.0. The van der Waals surface area contributed by atoms with Crippen molar-refractivity contribution >= 4 is 11.6 Å². The minimum atomic E-state index is -0.0255. The van der Waals surface area contributed by atoms with E-state index >= 15 is 0 Å². The number of ether oxygens (including phenoxy) is 1. The van der Waals surface area contributed by atoms with Gasteiger partial charge in [0.2, 0.25) is 5.91 Å². The van der Waals surface area contributed by atoms with Gasteiger partial charge in [0.25, 0.3) is 0 Å². The summed E-state index contributed by atoms with van der Waals surface area (Å²) < 4.78 is 5.30. The second-order valence-corrected chi connectivity index (χ2v) is 4.21. The third kappa shape index (κ3) is 2.24. The lowest BCUT2D eigenvalue weighted by molar-refractivity contribution is -0.123. The molecule has 0 aliphatic carbocycles. The number of anilines is 1. The smallest absolute Gasteiger partial charge is 0.229 e. The summed E-state index contributed by atoms with van der Waals surface area (Å²) in [6, 6.07) is 0. The van der Waals surface area contributed by atoms with Crippen LogP contribution in [0.2, 0.25) is 0 Å². The number of aromatic amines is 1. The quantitative estimate of drug-likeness (QED) is 0.796. The summed E-state index contributed by atoms with van der Waals surface area (Å²) in [6.07, 6.45) is 1.86. The molecule has 0 saturated carbocycles. The van der Waals surface area contributed by atoms with Gasteiger partial charge < -0.3 is 10.1 Å². The van der Waals surface area contributed by atoms with Crippen LogP contribution in [0.4, 0.5) is 5.69 Å². The van der Waals surface area contributed by atoms with Crippen LogP contribution >= 0.6 is 0 Å². The molecule has 1 aliphatic rings. The van der Waals surface area contributed by atoms with Crippen LogP contribution in [-0.4, -0.2) is 29.3 Å². The summed E-state index contributed by atoms with van der Waals surface area (Å²) in [7, 11) is 0. The van der Waals surface area contributed by atoms with E-state index in [0.717, 1.165) is 36.5 Å². The number of H-pyrrole nitrogens is 1. The van der Waals surface area contributed by atoms with Gasteiger partial charge in [-0.25, -0.2) is 0 Å². The standard InChI is InChI=1S/C11H17N3O2/c1-7-10(8(2)14-13-7)12-11(15)9-4-3-5-16-6-9/h9H,3-6H2,1-2H3,(H,12,15)(H,13,14). The molecule has 2 N–H and O–H groups in total. The van der Waals surface area contributed by atoms with E-state index in [0.29, 0.717) is 6.61 Å². The molecule has 5 nitrogen and oxygen atoms in total. The van der Waals surface area contributed by atoms with Crippen LogP contribution in [0, 0.1) is 19.8 Å². The number of nitrogens with zero attached hydrogens (tertiary/aromatic N) is 1. The average molecular weight is 223 g/mol. The van der Waals surface area contributed by atoms with Gasteiger partial charge in [-0.1, -0.05) is 0 Å². The second kappa shape index (κ2) is 4.65. The van der Waals surface area contributed by atoms with Crippen molar-refractivity contribution in [3.8, 4) is 0 Å². The van der Waals surface area contributed by atoms with Gasteiger partial charge in [0, 0.05) is 6.61 Å². The van der Waals surface area contributed by atoms with Crippen molar-refractivity contribution in [1.29, 1.82) is 0 Å². The Bertz CT molecular complexity index is 361. The Morgan fingerprint density at radius 1 is 1.56 bits per heavy atom. The Morgan fingerprint density at radius 2 is 2.38 bits per heavy atom. The molecular formula is C11H17N3O2. The maximum atomic E-state index is 11.9. The van der Waals surface area contributed by atoms with E-state index in [2.05, 4.69) is 15.5 Å². The van der Waals surface area contributed by atoms with Gasteiger partial charge in [-0.3, -0.25) is 9.89 Å². The number of carbonyl (C=O) groups excluding carboxylic acids is 1. The van der Waals surface area contributed by atoms with Crippen molar-refractivity contribution in [2.24, 2.45) is 5.92 Å². The molecule has 1 aliphatic heterocycles. The van der Waals surface area contributed by atoms with Gasteiger partial charge in [0.1, 0.15) is 0 Å². The molecule has 1 aromatic rings. The number of hydrogen-bond acceptors (Lipinski definition) is 3. The zero-order chi connectivity index (χ0) is 11.5. The highest BCUT2D eigenvalue weighted by atomic mass is 16.5. The topological polar surface area (TPSA) is 67.0 Å². The summed E-state index contributed by atoms with van der Waals surface area (Å²) in [5.74, 6) is 0.00903. The summed E-state index contributed by atoms with van der Waals surface area (Å²) in [4.78, 5) is 11.9. The van der Waals surface area contributed by atoms with Gasteiger partial charge in [0.15, 0.2) is 0 Å². The highest BCUT2D eigenvalue weighted by Crippen LogP contribution is 2.20. The van der Waals surface area contributed by atoms with Gasteiger partial charge in [-0.05, 0) is 26.7 Å². The molecular weight excluding hydrogens is 206 g/mol. The summed E-state index contributed by atoms with van der Waals surface area (Å²) in [5, 5.41) is 9.81. The van der Waals surface area contributed by atoms with E-state index < -0.39 is 0 Å². The highest BCUT2D eigenvalue weighted by Gasteiger charge is 2.23. The minimum Gasteiger partial charge on any atom is -0.381 e. The third-order valence-corrected chi connectivity index (χ3v) is 2.91. The molecule has 88 valence electrons. The first-order valence-corrected chi connectivity index (χ1v) is 5.58. The number of carbonyl (C=O) groups is 1. The van der Waals surface area contributed by atoms with Crippen molar-refractivity contribution in [1.82, 2.24) is 10.2 Å². The molecule has 5 heteroatoms. The lowest BCUT2D eigenvalue weighted by Gasteiger charge is -2.21. The van der Waals surface area contributed by atoms with Gasteiger partial charge in [0.05, 0.1) is 29.6 Å². The Morgan fingerprint density at radius 3 is 2.94 bits per heavy atom. The Labute approximate surface area is 94.6 Å². The highest BCUT2D eigenvalue weighted by molar-refractivity contribution is 5.93. The molecule has 0 spiro atoms. The normalized spacial score (nSPS) is 20.8. The molecule has 1 saturated heterocycles. The minimum absolute atomic E-state index is 0.0255. The van der Waals surface area contributed by atoms with Crippen molar-refractivity contribution in [2.75, 3.05) is 18.5 Å². The molecule has 2 rings (SSSR count). The third-order valence-electron chi connectivity index (χ3n) is 2.91. The Hall–Kier alpha value is -1.36. The average Bonchev–Trinajstić information content (AvgIpc) is 2.62.